The summed E-state index contributed by atoms with van der Waals surface area (Å²) in [5, 5.41) is 6.77. The number of aromatic nitrogens is 3. The summed E-state index contributed by atoms with van der Waals surface area (Å²) in [6.45, 7) is 0. The van der Waals surface area contributed by atoms with E-state index in [9.17, 15) is 0 Å². The molecule has 0 amide bonds. The number of nitrogens with zero attached hydrogens (tertiary/aromatic N) is 3. The van der Waals surface area contributed by atoms with Gasteiger partial charge in [-0.05, 0) is 25.0 Å². The fraction of sp³-hybridized carbons (Fsp3) is 0.167. The van der Waals surface area contributed by atoms with Crippen molar-refractivity contribution in [2.24, 2.45) is 0 Å². The van der Waals surface area contributed by atoms with Gasteiger partial charge < -0.3 is 10.6 Å². The highest BCUT2D eigenvalue weighted by Crippen LogP contribution is 2.27. The van der Waals surface area contributed by atoms with Gasteiger partial charge in [0.05, 0.1) is 0 Å². The molecule has 23 heavy (non-hydrogen) atoms. The monoisotopic (exact) mass is 303 g/mol. The number of pyridine rings is 1. The third kappa shape index (κ3) is 3.45. The fourth-order valence-corrected chi connectivity index (χ4v) is 2.32. The van der Waals surface area contributed by atoms with Gasteiger partial charge >= 0.3 is 0 Å². The molecule has 0 unspecified atom stereocenters. The SMILES string of the molecule is c1ccc(-c2nc(Nc3ccncc3)cc(NC3CC3)n2)cc1. The van der Waals surface area contributed by atoms with Crippen molar-refractivity contribution >= 4 is 17.3 Å². The third-order valence-corrected chi connectivity index (χ3v) is 3.64. The van der Waals surface area contributed by atoms with E-state index in [1.807, 2.05) is 48.5 Å². The van der Waals surface area contributed by atoms with Crippen LogP contribution >= 0.6 is 0 Å². The minimum Gasteiger partial charge on any atom is -0.367 e. The standard InChI is InChI=1S/C18H17N5/c1-2-4-13(5-3-1)18-22-16(20-14-6-7-14)12-17(23-18)21-15-8-10-19-11-9-15/h1-5,8-12,14H,6-7H2,(H2,19,20,21,22,23). The molecule has 0 atom stereocenters. The smallest absolute Gasteiger partial charge is 0.163 e. The first kappa shape index (κ1) is 13.7. The van der Waals surface area contributed by atoms with Gasteiger partial charge in [-0.2, -0.15) is 0 Å². The van der Waals surface area contributed by atoms with E-state index in [1.54, 1.807) is 12.4 Å². The summed E-state index contributed by atoms with van der Waals surface area (Å²) in [6, 6.07) is 16.3. The molecule has 0 aliphatic heterocycles. The lowest BCUT2D eigenvalue weighted by Gasteiger charge is -2.11. The summed E-state index contributed by atoms with van der Waals surface area (Å²) in [5.41, 5.74) is 1.96. The Balaban J connectivity index is 1.69. The summed E-state index contributed by atoms with van der Waals surface area (Å²) in [4.78, 5) is 13.3. The van der Waals surface area contributed by atoms with E-state index >= 15 is 0 Å². The van der Waals surface area contributed by atoms with Gasteiger partial charge in [-0.1, -0.05) is 30.3 Å². The largest absolute Gasteiger partial charge is 0.367 e. The normalized spacial score (nSPS) is 13.6. The first-order chi connectivity index (χ1) is 11.4. The van der Waals surface area contributed by atoms with Gasteiger partial charge in [0.25, 0.3) is 0 Å². The second-order valence-electron chi connectivity index (χ2n) is 5.61. The molecule has 0 saturated heterocycles. The van der Waals surface area contributed by atoms with E-state index in [2.05, 4.69) is 25.6 Å². The summed E-state index contributed by atoms with van der Waals surface area (Å²) in [7, 11) is 0. The summed E-state index contributed by atoms with van der Waals surface area (Å²) >= 11 is 0. The Hall–Kier alpha value is -2.95. The van der Waals surface area contributed by atoms with Crippen molar-refractivity contribution in [1.29, 1.82) is 0 Å². The van der Waals surface area contributed by atoms with Crippen LogP contribution in [-0.2, 0) is 0 Å². The highest BCUT2D eigenvalue weighted by atomic mass is 15.1. The number of anilines is 3. The van der Waals surface area contributed by atoms with Crippen LogP contribution in [0.4, 0.5) is 17.3 Å². The molecule has 2 aromatic heterocycles. The highest BCUT2D eigenvalue weighted by molar-refractivity contribution is 5.65. The Bertz CT molecular complexity index is 785. The molecule has 114 valence electrons. The van der Waals surface area contributed by atoms with Gasteiger partial charge in [0.15, 0.2) is 5.82 Å². The molecule has 1 aromatic carbocycles. The predicted octanol–water partition coefficient (Wildman–Crippen LogP) is 3.86. The molecule has 0 spiro atoms. The number of benzene rings is 1. The van der Waals surface area contributed by atoms with Gasteiger partial charge in [0, 0.05) is 35.8 Å². The van der Waals surface area contributed by atoms with Crippen LogP contribution < -0.4 is 10.6 Å². The van der Waals surface area contributed by atoms with E-state index in [0.717, 1.165) is 22.9 Å². The van der Waals surface area contributed by atoms with E-state index in [1.165, 1.54) is 12.8 Å². The van der Waals surface area contributed by atoms with Crippen molar-refractivity contribution in [3.63, 3.8) is 0 Å². The number of hydrogen-bond donors (Lipinski definition) is 2. The van der Waals surface area contributed by atoms with Crippen LogP contribution in [0, 0.1) is 0 Å². The number of nitrogens with one attached hydrogen (secondary N) is 2. The van der Waals surface area contributed by atoms with E-state index in [4.69, 9.17) is 0 Å². The van der Waals surface area contributed by atoms with Crippen LogP contribution in [0.3, 0.4) is 0 Å². The van der Waals surface area contributed by atoms with Crippen LogP contribution in [0.25, 0.3) is 11.4 Å². The Kier molecular flexibility index (Phi) is 3.60. The first-order valence-corrected chi connectivity index (χ1v) is 7.75. The van der Waals surface area contributed by atoms with Crippen LogP contribution in [0.1, 0.15) is 12.8 Å². The van der Waals surface area contributed by atoms with E-state index in [-0.39, 0.29) is 0 Å². The highest BCUT2D eigenvalue weighted by Gasteiger charge is 2.22. The van der Waals surface area contributed by atoms with Gasteiger partial charge in [-0.25, -0.2) is 9.97 Å². The molecule has 1 fully saturated rings. The first-order valence-electron chi connectivity index (χ1n) is 7.75. The summed E-state index contributed by atoms with van der Waals surface area (Å²) in [6.07, 6.45) is 5.92. The molecule has 2 heterocycles. The van der Waals surface area contributed by atoms with Crippen LogP contribution in [0.5, 0.6) is 0 Å². The second-order valence-corrected chi connectivity index (χ2v) is 5.61. The zero-order valence-corrected chi connectivity index (χ0v) is 12.6. The Morgan fingerprint density at radius 1 is 0.870 bits per heavy atom. The molecule has 4 rings (SSSR count). The number of hydrogen-bond acceptors (Lipinski definition) is 5. The van der Waals surface area contributed by atoms with Crippen LogP contribution in [-0.4, -0.2) is 21.0 Å². The molecule has 1 aliphatic carbocycles. The average molecular weight is 303 g/mol. The molecule has 0 bridgehead atoms. The molecule has 0 radical (unpaired) electrons. The molecular weight excluding hydrogens is 286 g/mol. The van der Waals surface area contributed by atoms with Crippen molar-refractivity contribution in [2.75, 3.05) is 10.6 Å². The maximum absolute atomic E-state index is 4.65. The van der Waals surface area contributed by atoms with Gasteiger partial charge in [0.2, 0.25) is 0 Å². The lowest BCUT2D eigenvalue weighted by Crippen LogP contribution is -2.06. The summed E-state index contributed by atoms with van der Waals surface area (Å²) in [5.74, 6) is 2.35. The fourth-order valence-electron chi connectivity index (χ4n) is 2.32. The van der Waals surface area contributed by atoms with Crippen LogP contribution in [0.2, 0.25) is 0 Å². The number of rotatable bonds is 5. The molecule has 5 heteroatoms. The lowest BCUT2D eigenvalue weighted by atomic mass is 10.2. The van der Waals surface area contributed by atoms with Crippen molar-refractivity contribution in [3.05, 3.63) is 60.9 Å². The van der Waals surface area contributed by atoms with Crippen molar-refractivity contribution < 1.29 is 0 Å². The molecule has 3 aromatic rings. The molecule has 5 nitrogen and oxygen atoms in total. The van der Waals surface area contributed by atoms with E-state index < -0.39 is 0 Å². The third-order valence-electron chi connectivity index (χ3n) is 3.64. The van der Waals surface area contributed by atoms with Crippen molar-refractivity contribution in [2.45, 2.75) is 18.9 Å². The maximum Gasteiger partial charge on any atom is 0.163 e. The predicted molar refractivity (Wildman–Crippen MR) is 91.6 cm³/mol. The van der Waals surface area contributed by atoms with E-state index in [0.29, 0.717) is 11.9 Å². The molecule has 1 aliphatic rings. The van der Waals surface area contributed by atoms with Crippen molar-refractivity contribution in [1.82, 2.24) is 15.0 Å². The Labute approximate surface area is 134 Å². The quantitative estimate of drug-likeness (QED) is 0.749. The van der Waals surface area contributed by atoms with Gasteiger partial charge in [-0.15, -0.1) is 0 Å². The Morgan fingerprint density at radius 2 is 1.61 bits per heavy atom. The summed E-state index contributed by atoms with van der Waals surface area (Å²) < 4.78 is 0. The average Bonchev–Trinajstić information content (AvgIpc) is 3.40. The Morgan fingerprint density at radius 3 is 2.35 bits per heavy atom. The van der Waals surface area contributed by atoms with Crippen molar-refractivity contribution in [3.8, 4) is 11.4 Å². The zero-order valence-electron chi connectivity index (χ0n) is 12.6. The maximum atomic E-state index is 4.65. The molecular formula is C18H17N5. The van der Waals surface area contributed by atoms with Gasteiger partial charge in [0.1, 0.15) is 11.6 Å². The van der Waals surface area contributed by atoms with Gasteiger partial charge in [-0.3, -0.25) is 4.98 Å². The second kappa shape index (κ2) is 6.04. The minimum atomic E-state index is 0.544. The molecule has 1 saturated carbocycles. The zero-order chi connectivity index (χ0) is 15.5. The lowest BCUT2D eigenvalue weighted by molar-refractivity contribution is 1.09. The molecule has 2 N–H and O–H groups in total. The topological polar surface area (TPSA) is 62.7 Å². The minimum absolute atomic E-state index is 0.544. The van der Waals surface area contributed by atoms with Crippen LogP contribution in [0.15, 0.2) is 60.9 Å².